The van der Waals surface area contributed by atoms with Crippen molar-refractivity contribution in [1.82, 2.24) is 29.0 Å². The molecule has 1 aromatic carbocycles. The number of aliphatic hydroxyl groups excluding tert-OH is 2. The maximum Gasteiger partial charge on any atom is 0.277 e. The molecule has 2 saturated heterocycles. The predicted octanol–water partition coefficient (Wildman–Crippen LogP) is -1.48. The van der Waals surface area contributed by atoms with E-state index in [1.165, 1.54) is 35.4 Å². The second-order valence-corrected chi connectivity index (χ2v) is 9.64. The molecule has 15 heteroatoms. The van der Waals surface area contributed by atoms with Crippen LogP contribution in [0.3, 0.4) is 0 Å². The van der Waals surface area contributed by atoms with E-state index in [4.69, 9.17) is 15.2 Å². The second kappa shape index (κ2) is 8.46. The quantitative estimate of drug-likeness (QED) is 0.259. The number of fused-ring (bicyclic) bond motifs is 1. The number of nitrogens with zero attached hydrogens (tertiary/aromatic N) is 4. The third-order valence-electron chi connectivity index (χ3n) is 5.89. The Hall–Kier alpha value is -2.79. The molecule has 4 heterocycles. The minimum Gasteiger partial charge on any atom is -0.387 e. The van der Waals surface area contributed by atoms with Crippen LogP contribution in [0.2, 0.25) is 0 Å². The number of nitrogens with one attached hydrogen (secondary N) is 2. The summed E-state index contributed by atoms with van der Waals surface area (Å²) in [7, 11) is -4.18. The molecule has 13 nitrogen and oxygen atoms in total. The van der Waals surface area contributed by atoms with E-state index >= 15 is 0 Å². The molecule has 6 N–H and O–H groups in total. The summed E-state index contributed by atoms with van der Waals surface area (Å²) >= 11 is 0. The van der Waals surface area contributed by atoms with Gasteiger partial charge in [0.2, 0.25) is 0 Å². The SMILES string of the molecule is Nc1ncnc2c1ncn2[C@@H]1O[C@H](CNS(=O)(=O)NC2(c3ccccc3F)COC2)[C@@H](O)[C@H]1O. The number of nitrogens with two attached hydrogens (primary N) is 1. The Labute approximate surface area is 192 Å². The molecular weight excluding hydrogens is 473 g/mol. The third kappa shape index (κ3) is 3.90. The predicted molar refractivity (Wildman–Crippen MR) is 115 cm³/mol. The molecule has 0 unspecified atom stereocenters. The van der Waals surface area contributed by atoms with Gasteiger partial charge in [0.25, 0.3) is 10.2 Å². The third-order valence-corrected chi connectivity index (χ3v) is 7.10. The van der Waals surface area contributed by atoms with Crippen LogP contribution in [0, 0.1) is 5.82 Å². The summed E-state index contributed by atoms with van der Waals surface area (Å²) in [6, 6.07) is 5.82. The highest BCUT2D eigenvalue weighted by molar-refractivity contribution is 7.87. The smallest absolute Gasteiger partial charge is 0.277 e. The van der Waals surface area contributed by atoms with Crippen molar-refractivity contribution in [2.24, 2.45) is 0 Å². The zero-order valence-corrected chi connectivity index (χ0v) is 18.4. The molecule has 0 saturated carbocycles. The minimum atomic E-state index is -4.18. The Bertz CT molecular complexity index is 1320. The average Bonchev–Trinajstić information content (AvgIpc) is 3.32. The van der Waals surface area contributed by atoms with Crippen LogP contribution in [-0.4, -0.2) is 76.2 Å². The molecule has 2 aliphatic rings. The Morgan fingerprint density at radius 3 is 2.68 bits per heavy atom. The molecule has 0 radical (unpaired) electrons. The Balaban J connectivity index is 1.29. The van der Waals surface area contributed by atoms with E-state index in [1.807, 2.05) is 0 Å². The summed E-state index contributed by atoms with van der Waals surface area (Å²) in [4.78, 5) is 12.0. The molecule has 2 aromatic heterocycles. The van der Waals surface area contributed by atoms with Gasteiger partial charge in [0.1, 0.15) is 41.5 Å². The molecule has 0 aliphatic carbocycles. The molecule has 34 heavy (non-hydrogen) atoms. The van der Waals surface area contributed by atoms with Gasteiger partial charge in [-0.25, -0.2) is 19.3 Å². The Morgan fingerprint density at radius 2 is 1.97 bits per heavy atom. The first-order valence-corrected chi connectivity index (χ1v) is 11.7. The van der Waals surface area contributed by atoms with Crippen molar-refractivity contribution in [2.45, 2.75) is 30.1 Å². The van der Waals surface area contributed by atoms with Crippen molar-refractivity contribution in [3.05, 3.63) is 48.3 Å². The number of aliphatic hydroxyl groups is 2. The van der Waals surface area contributed by atoms with Crippen molar-refractivity contribution in [3.8, 4) is 0 Å². The van der Waals surface area contributed by atoms with E-state index in [0.29, 0.717) is 5.52 Å². The largest absolute Gasteiger partial charge is 0.387 e. The number of aromatic nitrogens is 4. The maximum absolute atomic E-state index is 14.3. The summed E-state index contributed by atoms with van der Waals surface area (Å²) in [5.41, 5.74) is 5.25. The van der Waals surface area contributed by atoms with Crippen molar-refractivity contribution < 1.29 is 32.5 Å². The molecular formula is C19H22FN7O6S. The van der Waals surface area contributed by atoms with Gasteiger partial charge in [0, 0.05) is 12.1 Å². The number of halogens is 1. The van der Waals surface area contributed by atoms with E-state index in [9.17, 15) is 23.0 Å². The van der Waals surface area contributed by atoms with E-state index in [-0.39, 0.29) is 36.8 Å². The number of hydrogen-bond donors (Lipinski definition) is 5. The van der Waals surface area contributed by atoms with Crippen molar-refractivity contribution in [3.63, 3.8) is 0 Å². The van der Waals surface area contributed by atoms with E-state index in [2.05, 4.69) is 24.4 Å². The molecule has 182 valence electrons. The summed E-state index contributed by atoms with van der Waals surface area (Å²) in [6.07, 6.45) is -2.46. The van der Waals surface area contributed by atoms with Gasteiger partial charge in [-0.1, -0.05) is 18.2 Å². The lowest BCUT2D eigenvalue weighted by atomic mass is 9.89. The Morgan fingerprint density at radius 1 is 1.21 bits per heavy atom. The van der Waals surface area contributed by atoms with Gasteiger partial charge in [-0.3, -0.25) is 4.57 Å². The fourth-order valence-electron chi connectivity index (χ4n) is 4.09. The van der Waals surface area contributed by atoms with E-state index in [0.717, 1.165) is 0 Å². The van der Waals surface area contributed by atoms with Crippen LogP contribution in [-0.2, 0) is 25.2 Å². The van der Waals surface area contributed by atoms with Crippen LogP contribution < -0.4 is 15.2 Å². The minimum absolute atomic E-state index is 0.0448. The number of imidazole rings is 1. The van der Waals surface area contributed by atoms with Crippen molar-refractivity contribution >= 4 is 27.2 Å². The normalized spacial score (nSPS) is 26.6. The van der Waals surface area contributed by atoms with Crippen LogP contribution in [0.25, 0.3) is 11.2 Å². The van der Waals surface area contributed by atoms with Gasteiger partial charge in [-0.15, -0.1) is 0 Å². The van der Waals surface area contributed by atoms with Gasteiger partial charge < -0.3 is 25.4 Å². The van der Waals surface area contributed by atoms with Gasteiger partial charge in [0.15, 0.2) is 17.7 Å². The zero-order chi connectivity index (χ0) is 24.1. The van der Waals surface area contributed by atoms with Crippen LogP contribution in [0.1, 0.15) is 11.8 Å². The first kappa shape index (κ1) is 23.0. The van der Waals surface area contributed by atoms with Gasteiger partial charge in [-0.05, 0) is 6.07 Å². The summed E-state index contributed by atoms with van der Waals surface area (Å²) in [6.45, 7) is -0.463. The average molecular weight is 495 g/mol. The molecule has 3 aromatic rings. The fourth-order valence-corrected chi connectivity index (χ4v) is 5.29. The highest BCUT2D eigenvalue weighted by Crippen LogP contribution is 2.33. The maximum atomic E-state index is 14.3. The number of hydrogen-bond acceptors (Lipinski definition) is 10. The summed E-state index contributed by atoms with van der Waals surface area (Å²) in [5, 5.41) is 21.0. The Kier molecular flexibility index (Phi) is 5.71. The van der Waals surface area contributed by atoms with Crippen LogP contribution in [0.15, 0.2) is 36.9 Å². The highest BCUT2D eigenvalue weighted by atomic mass is 32.2. The molecule has 2 aliphatic heterocycles. The van der Waals surface area contributed by atoms with Crippen LogP contribution >= 0.6 is 0 Å². The fraction of sp³-hybridized carbons (Fsp3) is 0.421. The lowest BCUT2D eigenvalue weighted by molar-refractivity contribution is -0.0683. The summed E-state index contributed by atoms with van der Waals surface area (Å²) in [5.74, 6) is -0.429. The number of ether oxygens (including phenoxy) is 2. The topological polar surface area (TPSA) is 187 Å². The van der Waals surface area contributed by atoms with Gasteiger partial charge >= 0.3 is 0 Å². The van der Waals surface area contributed by atoms with Crippen molar-refractivity contribution in [2.75, 3.05) is 25.5 Å². The lowest BCUT2D eigenvalue weighted by Crippen LogP contribution is -2.62. The summed E-state index contributed by atoms with van der Waals surface area (Å²) < 4.78 is 56.8. The zero-order valence-electron chi connectivity index (χ0n) is 17.6. The second-order valence-electron chi connectivity index (χ2n) is 8.14. The molecule has 2 fully saturated rings. The van der Waals surface area contributed by atoms with E-state index in [1.54, 1.807) is 6.07 Å². The van der Waals surface area contributed by atoms with Crippen molar-refractivity contribution in [1.29, 1.82) is 0 Å². The monoisotopic (exact) mass is 495 g/mol. The standard InChI is InChI=1S/C19H22FN7O6S/c20-11-4-2-1-3-10(11)19(6-32-7-19)26-34(30,31)25-5-12-14(28)15(29)18(33-12)27-9-24-13-16(21)22-8-23-17(13)27/h1-4,8-9,12,14-15,18,25-26,28-29H,5-7H2,(H2,21,22,23)/t12-,14-,15-,18-/m1/s1. The molecule has 0 spiro atoms. The lowest BCUT2D eigenvalue weighted by Gasteiger charge is -2.42. The number of nitrogen functional groups attached to an aromatic ring is 1. The number of benzene rings is 1. The first-order chi connectivity index (χ1) is 16.2. The van der Waals surface area contributed by atoms with E-state index < -0.39 is 46.1 Å². The number of anilines is 1. The van der Waals surface area contributed by atoms with Crippen LogP contribution in [0.5, 0.6) is 0 Å². The molecule has 4 atom stereocenters. The van der Waals surface area contributed by atoms with Gasteiger partial charge in [0.05, 0.1) is 19.5 Å². The molecule has 0 bridgehead atoms. The highest BCUT2D eigenvalue weighted by Gasteiger charge is 2.47. The van der Waals surface area contributed by atoms with Crippen LogP contribution in [0.4, 0.5) is 10.2 Å². The number of rotatable bonds is 7. The molecule has 0 amide bonds. The van der Waals surface area contributed by atoms with Gasteiger partial charge in [-0.2, -0.15) is 17.9 Å². The first-order valence-electron chi connectivity index (χ1n) is 10.3. The molecule has 5 rings (SSSR count).